The van der Waals surface area contributed by atoms with E-state index in [-0.39, 0.29) is 5.41 Å². The molecule has 0 fully saturated rings. The average molecular weight is 435 g/mol. The van der Waals surface area contributed by atoms with E-state index in [1.165, 1.54) is 16.8 Å². The van der Waals surface area contributed by atoms with Crippen molar-refractivity contribution in [3.63, 3.8) is 0 Å². The first-order chi connectivity index (χ1) is 15.8. The van der Waals surface area contributed by atoms with Gasteiger partial charge in [-0.25, -0.2) is 4.57 Å². The molecule has 0 aliphatic rings. The Bertz CT molecular complexity index is 1690. The molecule has 0 atom stereocenters. The Morgan fingerprint density at radius 1 is 0.788 bits per heavy atom. The summed E-state index contributed by atoms with van der Waals surface area (Å²) in [6.45, 7) is 9.02. The van der Waals surface area contributed by atoms with Crippen molar-refractivity contribution in [2.45, 2.75) is 34.1 Å². The zero-order valence-corrected chi connectivity index (χ0v) is 19.8. The van der Waals surface area contributed by atoms with Crippen LogP contribution in [0, 0.1) is 12.3 Å². The first-order valence-electron chi connectivity index (χ1n) is 11.6. The summed E-state index contributed by atoms with van der Waals surface area (Å²) in [4.78, 5) is 0. The van der Waals surface area contributed by atoms with Crippen LogP contribution in [0.4, 0.5) is 0 Å². The van der Waals surface area contributed by atoms with Crippen molar-refractivity contribution >= 4 is 43.9 Å². The predicted molar refractivity (Wildman–Crippen MR) is 136 cm³/mol. The summed E-state index contributed by atoms with van der Waals surface area (Å²) in [5.74, 6) is 0. The summed E-state index contributed by atoms with van der Waals surface area (Å²) >= 11 is 0. The van der Waals surface area contributed by atoms with Gasteiger partial charge in [0.1, 0.15) is 29.4 Å². The van der Waals surface area contributed by atoms with Gasteiger partial charge in [0.2, 0.25) is 5.69 Å². The fourth-order valence-electron chi connectivity index (χ4n) is 5.15. The minimum Gasteiger partial charge on any atom is -0.456 e. The molecule has 164 valence electrons. The van der Waals surface area contributed by atoms with Crippen molar-refractivity contribution in [1.82, 2.24) is 0 Å². The molecule has 0 bridgehead atoms. The number of pyridine rings is 1. The average Bonchev–Trinajstić information content (AvgIpc) is 3.32. The van der Waals surface area contributed by atoms with Crippen molar-refractivity contribution in [3.05, 3.63) is 78.0 Å². The first-order valence-corrected chi connectivity index (χ1v) is 11.6. The summed E-state index contributed by atoms with van der Waals surface area (Å²) in [6.07, 6.45) is 3.19. The minimum atomic E-state index is 0.228. The van der Waals surface area contributed by atoms with Crippen molar-refractivity contribution < 1.29 is 13.4 Å². The quantitative estimate of drug-likeness (QED) is 0.260. The van der Waals surface area contributed by atoms with Gasteiger partial charge in [-0.2, -0.15) is 0 Å². The van der Waals surface area contributed by atoms with Crippen molar-refractivity contribution in [2.24, 2.45) is 12.5 Å². The molecule has 3 heteroatoms. The molecule has 3 nitrogen and oxygen atoms in total. The number of aryl methyl sites for hydroxylation is 2. The van der Waals surface area contributed by atoms with Crippen LogP contribution in [0.2, 0.25) is 0 Å². The van der Waals surface area contributed by atoms with Crippen molar-refractivity contribution in [2.75, 3.05) is 0 Å². The van der Waals surface area contributed by atoms with E-state index in [1.807, 2.05) is 24.3 Å². The Morgan fingerprint density at radius 2 is 1.52 bits per heavy atom. The van der Waals surface area contributed by atoms with Crippen molar-refractivity contribution in [1.29, 1.82) is 0 Å². The third-order valence-corrected chi connectivity index (χ3v) is 6.56. The number of benzene rings is 3. The molecule has 0 aliphatic heterocycles. The first kappa shape index (κ1) is 20.0. The topological polar surface area (TPSA) is 30.2 Å². The summed E-state index contributed by atoms with van der Waals surface area (Å²) in [5, 5.41) is 4.51. The Kier molecular flexibility index (Phi) is 4.22. The van der Waals surface area contributed by atoms with E-state index in [2.05, 4.69) is 81.9 Å². The highest BCUT2D eigenvalue weighted by Gasteiger charge is 2.24. The zero-order chi connectivity index (χ0) is 22.9. The number of furan rings is 2. The van der Waals surface area contributed by atoms with Gasteiger partial charge in [-0.05, 0) is 48.1 Å². The fraction of sp³-hybridized carbons (Fsp3) is 0.233. The third kappa shape index (κ3) is 3.14. The van der Waals surface area contributed by atoms with E-state index in [0.29, 0.717) is 0 Å². The maximum atomic E-state index is 6.59. The van der Waals surface area contributed by atoms with Gasteiger partial charge in [0.25, 0.3) is 0 Å². The van der Waals surface area contributed by atoms with Crippen LogP contribution in [0.5, 0.6) is 0 Å². The number of fused-ring (bicyclic) bond motifs is 7. The number of hydrogen-bond acceptors (Lipinski definition) is 2. The van der Waals surface area contributed by atoms with E-state index in [0.717, 1.165) is 55.9 Å². The molecule has 0 aliphatic carbocycles. The molecule has 0 saturated carbocycles. The van der Waals surface area contributed by atoms with Gasteiger partial charge in [-0.1, -0.05) is 51.1 Å². The molecular weight excluding hydrogens is 406 g/mol. The van der Waals surface area contributed by atoms with Gasteiger partial charge in [-0.15, -0.1) is 0 Å². The monoisotopic (exact) mass is 434 g/mol. The summed E-state index contributed by atoms with van der Waals surface area (Å²) in [6, 6.07) is 21.3. The third-order valence-electron chi connectivity index (χ3n) is 6.56. The lowest BCUT2D eigenvalue weighted by molar-refractivity contribution is -0.660. The molecule has 0 amide bonds. The molecule has 0 radical (unpaired) electrons. The van der Waals surface area contributed by atoms with Gasteiger partial charge in [0.05, 0.1) is 5.56 Å². The van der Waals surface area contributed by atoms with Crippen LogP contribution in [0.3, 0.4) is 0 Å². The molecule has 0 unspecified atom stereocenters. The second-order valence-electron chi connectivity index (χ2n) is 10.4. The van der Waals surface area contributed by atoms with Gasteiger partial charge in [0.15, 0.2) is 6.20 Å². The maximum Gasteiger partial charge on any atom is 0.216 e. The van der Waals surface area contributed by atoms with Crippen LogP contribution in [0.1, 0.15) is 31.9 Å². The van der Waals surface area contributed by atoms with E-state index >= 15 is 0 Å². The van der Waals surface area contributed by atoms with Gasteiger partial charge in [0, 0.05) is 33.7 Å². The molecular formula is C30H28NO2+. The Morgan fingerprint density at radius 3 is 2.30 bits per heavy atom. The lowest BCUT2D eigenvalue weighted by Gasteiger charge is -2.18. The molecule has 3 aromatic carbocycles. The molecule has 6 aromatic rings. The lowest BCUT2D eigenvalue weighted by atomic mass is 9.87. The highest BCUT2D eigenvalue weighted by atomic mass is 16.3. The minimum absolute atomic E-state index is 0.228. The zero-order valence-electron chi connectivity index (χ0n) is 19.8. The number of rotatable bonds is 2. The molecule has 0 N–H and O–H groups in total. The maximum absolute atomic E-state index is 6.59. The number of aromatic nitrogens is 1. The van der Waals surface area contributed by atoms with Crippen LogP contribution < -0.4 is 4.57 Å². The van der Waals surface area contributed by atoms with Gasteiger partial charge < -0.3 is 8.83 Å². The Hall–Kier alpha value is -3.59. The van der Waals surface area contributed by atoms with Crippen LogP contribution >= 0.6 is 0 Å². The standard InChI is InChI=1S/C30H28NO2/c1-18-10-11-21-28-25(13-12-24-27(28)20-8-6-7-9-23(20)32-24)33-29(21)26(18)22-16-19(14-15-31(22)5)17-30(2,3)4/h6-16H,17H2,1-5H3/q+1. The molecule has 3 heterocycles. The lowest BCUT2D eigenvalue weighted by Crippen LogP contribution is -2.31. The molecule has 0 spiro atoms. The largest absolute Gasteiger partial charge is 0.456 e. The SMILES string of the molecule is Cc1ccc2c(oc3ccc4oc5ccccc5c4c32)c1-c1cc(CC(C)(C)C)cc[n+]1C. The smallest absolute Gasteiger partial charge is 0.216 e. The highest BCUT2D eigenvalue weighted by Crippen LogP contribution is 2.43. The summed E-state index contributed by atoms with van der Waals surface area (Å²) < 4.78 is 14.9. The van der Waals surface area contributed by atoms with E-state index in [4.69, 9.17) is 8.83 Å². The predicted octanol–water partition coefficient (Wildman–Crippen LogP) is 7.87. The van der Waals surface area contributed by atoms with Crippen LogP contribution in [-0.4, -0.2) is 0 Å². The van der Waals surface area contributed by atoms with Gasteiger partial charge in [-0.3, -0.25) is 0 Å². The number of nitrogens with zero attached hydrogens (tertiary/aromatic N) is 1. The number of para-hydroxylation sites is 1. The molecule has 3 aromatic heterocycles. The van der Waals surface area contributed by atoms with E-state index in [9.17, 15) is 0 Å². The molecule has 0 saturated heterocycles. The second kappa shape index (κ2) is 6.95. The summed E-state index contributed by atoms with van der Waals surface area (Å²) in [7, 11) is 2.11. The van der Waals surface area contributed by atoms with Crippen molar-refractivity contribution in [3.8, 4) is 11.3 Å². The Labute approximate surface area is 193 Å². The van der Waals surface area contributed by atoms with Gasteiger partial charge >= 0.3 is 0 Å². The molecule has 33 heavy (non-hydrogen) atoms. The van der Waals surface area contributed by atoms with Crippen LogP contribution in [0.15, 0.2) is 75.7 Å². The van der Waals surface area contributed by atoms with Crippen LogP contribution in [-0.2, 0) is 13.5 Å². The summed E-state index contributed by atoms with van der Waals surface area (Å²) in [5.41, 5.74) is 8.73. The van der Waals surface area contributed by atoms with Crippen LogP contribution in [0.25, 0.3) is 55.1 Å². The number of hydrogen-bond donors (Lipinski definition) is 0. The van der Waals surface area contributed by atoms with E-state index < -0.39 is 0 Å². The molecule has 6 rings (SSSR count). The normalized spacial score (nSPS) is 12.5. The van der Waals surface area contributed by atoms with E-state index in [1.54, 1.807) is 0 Å². The second-order valence-corrected chi connectivity index (χ2v) is 10.4. The fourth-order valence-corrected chi connectivity index (χ4v) is 5.15. The Balaban J connectivity index is 1.69. The highest BCUT2D eigenvalue weighted by molar-refractivity contribution is 6.26.